The molecule has 1 aliphatic heterocycles. The van der Waals surface area contributed by atoms with Crippen LogP contribution in [0.4, 0.5) is 0 Å². The topological polar surface area (TPSA) is 287 Å². The second-order valence-corrected chi connectivity index (χ2v) is 15.2. The highest BCUT2D eigenvalue weighted by atomic mass is 127. The molecular formula is C37H51IN8O13. The Bertz CT molecular complexity index is 1690. The zero-order chi connectivity index (χ0) is 43.5. The number of allylic oxidation sites excluding steroid dienone is 2. The molecule has 59 heavy (non-hydrogen) atoms. The maximum Gasteiger partial charge on any atom is 0.317 e. The number of carboxylic acids is 3. The van der Waals surface area contributed by atoms with E-state index in [1.807, 2.05) is 22.6 Å². The van der Waals surface area contributed by atoms with Crippen LogP contribution in [0.3, 0.4) is 0 Å². The van der Waals surface area contributed by atoms with Gasteiger partial charge < -0.3 is 41.3 Å². The van der Waals surface area contributed by atoms with Crippen molar-refractivity contribution in [2.45, 2.75) is 12.8 Å². The molecule has 0 unspecified atom stereocenters. The van der Waals surface area contributed by atoms with E-state index in [9.17, 15) is 63.6 Å². The van der Waals surface area contributed by atoms with Crippen LogP contribution < -0.4 is 16.0 Å². The van der Waals surface area contributed by atoms with E-state index in [4.69, 9.17) is 0 Å². The van der Waals surface area contributed by atoms with Gasteiger partial charge >= 0.3 is 17.9 Å². The summed E-state index contributed by atoms with van der Waals surface area (Å²) in [6, 6.07) is 4.60. The fourth-order valence-corrected chi connectivity index (χ4v) is 6.84. The van der Waals surface area contributed by atoms with Gasteiger partial charge in [0.15, 0.2) is 11.6 Å². The van der Waals surface area contributed by atoms with Crippen molar-refractivity contribution in [2.75, 3.05) is 111 Å². The number of hydrogen-bond acceptors (Lipinski definition) is 14. The van der Waals surface area contributed by atoms with Gasteiger partial charge in [-0.25, -0.2) is 0 Å². The van der Waals surface area contributed by atoms with E-state index >= 15 is 0 Å². The summed E-state index contributed by atoms with van der Waals surface area (Å²) in [6.07, 6.45) is 2.34. The number of hydrogen-bond donors (Lipinski definition) is 7. The Kier molecular flexibility index (Phi) is 20.3. The molecule has 4 amide bonds. The molecule has 1 aromatic rings. The predicted molar refractivity (Wildman–Crippen MR) is 216 cm³/mol. The van der Waals surface area contributed by atoms with Gasteiger partial charge in [-0.05, 0) is 58.9 Å². The van der Waals surface area contributed by atoms with Crippen LogP contribution in [0.2, 0.25) is 0 Å². The number of rotatable bonds is 20. The highest BCUT2D eigenvalue weighted by Gasteiger charge is 2.28. The zero-order valence-corrected chi connectivity index (χ0v) is 34.6. The summed E-state index contributed by atoms with van der Waals surface area (Å²) in [4.78, 5) is 118. The maximum atomic E-state index is 13.5. The first-order chi connectivity index (χ1) is 28.0. The SMILES string of the molecule is O=C(O)CN1CCN(CC(=O)O)CCN(CC(=O)NCCN(CC(=O)NCC(=O)NCCC2C(=O)C=CC2=O)C(=O)Cc2ccc(O)c(I)c2)CCN(CC(=O)O)CC1. The lowest BCUT2D eigenvalue weighted by Gasteiger charge is -2.32. The van der Waals surface area contributed by atoms with Crippen molar-refractivity contribution in [3.63, 3.8) is 0 Å². The number of ketones is 2. The van der Waals surface area contributed by atoms with Crippen molar-refractivity contribution in [3.8, 4) is 5.75 Å². The third kappa shape index (κ3) is 18.6. The van der Waals surface area contributed by atoms with Gasteiger partial charge in [-0.3, -0.25) is 62.8 Å². The van der Waals surface area contributed by atoms with Crippen LogP contribution in [-0.2, 0) is 49.6 Å². The molecule has 2 aliphatic rings. The summed E-state index contributed by atoms with van der Waals surface area (Å²) in [6.45, 7) is -0.445. The van der Waals surface area contributed by atoms with E-state index in [1.165, 1.54) is 23.1 Å². The molecule has 0 spiro atoms. The number of phenolic OH excluding ortho intramolecular Hbond substituents is 1. The van der Waals surface area contributed by atoms with Crippen molar-refractivity contribution >= 4 is 75.7 Å². The van der Waals surface area contributed by atoms with Gasteiger partial charge in [0.1, 0.15) is 5.75 Å². The first-order valence-electron chi connectivity index (χ1n) is 18.8. The second-order valence-electron chi connectivity index (χ2n) is 14.0. The number of carbonyl (C=O) groups excluding carboxylic acids is 6. The molecule has 1 aromatic carbocycles. The number of carboxylic acid groups (broad SMARTS) is 3. The summed E-state index contributed by atoms with van der Waals surface area (Å²) in [5.74, 6) is -6.92. The molecule has 0 bridgehead atoms. The van der Waals surface area contributed by atoms with Gasteiger partial charge in [0, 0.05) is 72.0 Å². The molecule has 1 saturated heterocycles. The van der Waals surface area contributed by atoms with Crippen LogP contribution in [0, 0.1) is 9.49 Å². The average Bonchev–Trinajstić information content (AvgIpc) is 3.47. The van der Waals surface area contributed by atoms with E-state index in [1.54, 1.807) is 31.7 Å². The Labute approximate surface area is 353 Å². The molecule has 0 radical (unpaired) electrons. The van der Waals surface area contributed by atoms with Crippen LogP contribution in [0.1, 0.15) is 12.0 Å². The van der Waals surface area contributed by atoms with Crippen LogP contribution in [-0.4, -0.2) is 209 Å². The summed E-state index contributed by atoms with van der Waals surface area (Å²) in [5.41, 5.74) is 0.555. The number of phenols is 1. The fourth-order valence-electron chi connectivity index (χ4n) is 6.26. The Hall–Kier alpha value is -5.04. The number of nitrogens with one attached hydrogen (secondary N) is 3. The molecule has 0 atom stereocenters. The highest BCUT2D eigenvalue weighted by molar-refractivity contribution is 14.1. The first kappa shape index (κ1) is 48.3. The normalized spacial score (nSPS) is 16.5. The third-order valence-electron chi connectivity index (χ3n) is 9.43. The fraction of sp³-hybridized carbons (Fsp3) is 0.541. The van der Waals surface area contributed by atoms with Gasteiger partial charge in [-0.15, -0.1) is 0 Å². The van der Waals surface area contributed by atoms with Crippen molar-refractivity contribution in [1.29, 1.82) is 0 Å². The number of halogens is 1. The van der Waals surface area contributed by atoms with Crippen molar-refractivity contribution in [1.82, 2.24) is 40.4 Å². The molecule has 0 aromatic heterocycles. The van der Waals surface area contributed by atoms with Gasteiger partial charge in [0.05, 0.1) is 55.2 Å². The Morgan fingerprint density at radius 1 is 0.661 bits per heavy atom. The quantitative estimate of drug-likeness (QED) is 0.0504. The highest BCUT2D eigenvalue weighted by Crippen LogP contribution is 2.21. The Morgan fingerprint density at radius 2 is 1.14 bits per heavy atom. The van der Waals surface area contributed by atoms with Gasteiger partial charge in [-0.1, -0.05) is 6.07 Å². The molecule has 21 nitrogen and oxygen atoms in total. The molecule has 1 aliphatic carbocycles. The molecule has 22 heteroatoms. The number of benzene rings is 1. The smallest absolute Gasteiger partial charge is 0.317 e. The van der Waals surface area contributed by atoms with Crippen LogP contribution in [0.25, 0.3) is 0 Å². The lowest BCUT2D eigenvalue weighted by atomic mass is 10.0. The van der Waals surface area contributed by atoms with Gasteiger partial charge in [0.25, 0.3) is 0 Å². The summed E-state index contributed by atoms with van der Waals surface area (Å²) in [7, 11) is 0. The average molecular weight is 943 g/mol. The molecule has 324 valence electrons. The van der Waals surface area contributed by atoms with Crippen molar-refractivity contribution in [2.24, 2.45) is 5.92 Å². The summed E-state index contributed by atoms with van der Waals surface area (Å²) in [5, 5.41) is 45.9. The first-order valence-corrected chi connectivity index (χ1v) is 19.9. The molecular weight excluding hydrogens is 891 g/mol. The second kappa shape index (κ2) is 24.8. The van der Waals surface area contributed by atoms with E-state index in [-0.39, 0.29) is 128 Å². The molecule has 1 fully saturated rings. The third-order valence-corrected chi connectivity index (χ3v) is 10.3. The molecule has 0 saturated carbocycles. The lowest BCUT2D eigenvalue weighted by molar-refractivity contribution is -0.140. The van der Waals surface area contributed by atoms with E-state index < -0.39 is 60.5 Å². The van der Waals surface area contributed by atoms with Crippen molar-refractivity contribution < 1.29 is 63.6 Å². The number of carbonyl (C=O) groups is 9. The van der Waals surface area contributed by atoms with Crippen LogP contribution in [0.15, 0.2) is 30.4 Å². The minimum Gasteiger partial charge on any atom is -0.507 e. The monoisotopic (exact) mass is 942 g/mol. The van der Waals surface area contributed by atoms with Gasteiger partial charge in [0.2, 0.25) is 23.6 Å². The maximum absolute atomic E-state index is 13.5. The van der Waals surface area contributed by atoms with Crippen LogP contribution in [0.5, 0.6) is 5.75 Å². The number of amides is 4. The van der Waals surface area contributed by atoms with Crippen molar-refractivity contribution in [3.05, 3.63) is 39.5 Å². The minimum absolute atomic E-state index is 0.0280. The molecule has 7 N–H and O–H groups in total. The number of nitrogens with zero attached hydrogens (tertiary/aromatic N) is 5. The zero-order valence-electron chi connectivity index (χ0n) is 32.5. The lowest BCUT2D eigenvalue weighted by Crippen LogP contribution is -2.50. The Morgan fingerprint density at radius 3 is 1.61 bits per heavy atom. The van der Waals surface area contributed by atoms with E-state index in [0.717, 1.165) is 0 Å². The minimum atomic E-state index is -1.08. The Balaban J connectivity index is 1.62. The standard InChI is InChI=1S/C37H51IN8O13/c38-27-17-25(1-2-30(27)49)18-34(53)46(21-33(52)41-19-31(50)39-6-5-26-28(47)3-4-29(26)48)8-7-40-32(51)20-42-9-11-43(22-35(54)55)13-15-45(24-37(58)59)16-14-44(12-10-42)23-36(56)57/h1-4,17,26,49H,5-16,18-24H2,(H,39,50)(H,40,51)(H,41,52)(H,54,55)(H,56,57)(H,58,59). The van der Waals surface area contributed by atoms with Crippen LogP contribution >= 0.6 is 22.6 Å². The predicted octanol–water partition coefficient (Wildman–Crippen LogP) is -3.09. The van der Waals surface area contributed by atoms with E-state index in [0.29, 0.717) is 9.13 Å². The number of aliphatic carboxylic acids is 3. The van der Waals surface area contributed by atoms with Gasteiger partial charge in [-0.2, -0.15) is 0 Å². The van der Waals surface area contributed by atoms with E-state index in [2.05, 4.69) is 16.0 Å². The number of aromatic hydroxyl groups is 1. The summed E-state index contributed by atoms with van der Waals surface area (Å²) >= 11 is 1.91. The largest absolute Gasteiger partial charge is 0.507 e. The molecule has 3 rings (SSSR count). The molecule has 1 heterocycles. The summed E-state index contributed by atoms with van der Waals surface area (Å²) < 4.78 is 0.507.